The number of benzene rings is 1. The van der Waals surface area contributed by atoms with Crippen LogP contribution in [0, 0.1) is 6.92 Å². The standard InChI is InChI=1S/C17H16ClN3O2S/c1-11-5-14(3-4-15(11)18)23-9-12-6-16(24-10-12)17(22)20-13-7-19-21(2)8-13/h3-8,10H,9H2,1-2H3,(H,20,22). The summed E-state index contributed by atoms with van der Waals surface area (Å²) in [5.41, 5.74) is 2.59. The molecule has 3 rings (SSSR count). The Morgan fingerprint density at radius 1 is 1.42 bits per heavy atom. The summed E-state index contributed by atoms with van der Waals surface area (Å²) in [7, 11) is 1.80. The van der Waals surface area contributed by atoms with Gasteiger partial charge in [-0.25, -0.2) is 0 Å². The maximum absolute atomic E-state index is 12.2. The Morgan fingerprint density at radius 2 is 2.25 bits per heavy atom. The van der Waals surface area contributed by atoms with Crippen molar-refractivity contribution in [2.75, 3.05) is 5.32 Å². The molecule has 0 atom stereocenters. The second-order valence-corrected chi connectivity index (χ2v) is 6.69. The molecule has 2 heterocycles. The Morgan fingerprint density at radius 3 is 2.96 bits per heavy atom. The number of carbonyl (C=O) groups excluding carboxylic acids is 1. The minimum atomic E-state index is -0.151. The summed E-state index contributed by atoms with van der Waals surface area (Å²) < 4.78 is 7.38. The molecule has 1 N–H and O–H groups in total. The van der Waals surface area contributed by atoms with Crippen LogP contribution in [0.15, 0.2) is 42.0 Å². The van der Waals surface area contributed by atoms with Crippen LogP contribution in [0.5, 0.6) is 5.75 Å². The fraction of sp³-hybridized carbons (Fsp3) is 0.176. The monoisotopic (exact) mass is 361 g/mol. The van der Waals surface area contributed by atoms with Crippen molar-refractivity contribution in [2.24, 2.45) is 7.05 Å². The van der Waals surface area contributed by atoms with Crippen LogP contribution in [0.25, 0.3) is 0 Å². The molecule has 0 saturated carbocycles. The van der Waals surface area contributed by atoms with E-state index in [2.05, 4.69) is 10.4 Å². The summed E-state index contributed by atoms with van der Waals surface area (Å²) in [6.45, 7) is 2.33. The van der Waals surface area contributed by atoms with Gasteiger partial charge in [0.2, 0.25) is 0 Å². The van der Waals surface area contributed by atoms with Crippen molar-refractivity contribution in [1.82, 2.24) is 9.78 Å². The SMILES string of the molecule is Cc1cc(OCc2csc(C(=O)Nc3cnn(C)c3)c2)ccc1Cl. The van der Waals surface area contributed by atoms with Gasteiger partial charge in [0, 0.05) is 23.8 Å². The lowest BCUT2D eigenvalue weighted by Crippen LogP contribution is -2.09. The maximum Gasteiger partial charge on any atom is 0.265 e. The molecule has 5 nitrogen and oxygen atoms in total. The number of halogens is 1. The van der Waals surface area contributed by atoms with Gasteiger partial charge in [0.25, 0.3) is 5.91 Å². The minimum Gasteiger partial charge on any atom is -0.489 e. The molecule has 0 aliphatic heterocycles. The highest BCUT2D eigenvalue weighted by atomic mass is 35.5. The van der Waals surface area contributed by atoms with Crippen molar-refractivity contribution in [3.8, 4) is 5.75 Å². The Kier molecular flexibility index (Phi) is 4.87. The fourth-order valence-electron chi connectivity index (χ4n) is 2.12. The average Bonchev–Trinajstić information content (AvgIpc) is 3.18. The first-order valence-corrected chi connectivity index (χ1v) is 8.53. The Labute approximate surface area is 148 Å². The van der Waals surface area contributed by atoms with E-state index in [0.29, 0.717) is 22.2 Å². The number of hydrogen-bond acceptors (Lipinski definition) is 4. The number of aryl methyl sites for hydroxylation is 2. The molecule has 0 aliphatic carbocycles. The van der Waals surface area contributed by atoms with Crippen molar-refractivity contribution in [3.63, 3.8) is 0 Å². The smallest absolute Gasteiger partial charge is 0.265 e. The highest BCUT2D eigenvalue weighted by Crippen LogP contribution is 2.23. The van der Waals surface area contributed by atoms with Gasteiger partial charge >= 0.3 is 0 Å². The summed E-state index contributed by atoms with van der Waals surface area (Å²) in [5.74, 6) is 0.603. The zero-order valence-corrected chi connectivity index (χ0v) is 14.8. The Balaban J connectivity index is 1.60. The average molecular weight is 362 g/mol. The number of nitrogens with zero attached hydrogens (tertiary/aromatic N) is 2. The first-order valence-electron chi connectivity index (χ1n) is 7.27. The summed E-state index contributed by atoms with van der Waals surface area (Å²) in [4.78, 5) is 12.8. The second-order valence-electron chi connectivity index (χ2n) is 5.38. The molecule has 0 unspecified atom stereocenters. The summed E-state index contributed by atoms with van der Waals surface area (Å²) in [6, 6.07) is 7.37. The van der Waals surface area contributed by atoms with Crippen molar-refractivity contribution in [1.29, 1.82) is 0 Å². The molecule has 0 bridgehead atoms. The molecule has 24 heavy (non-hydrogen) atoms. The molecule has 0 spiro atoms. The number of anilines is 1. The van der Waals surface area contributed by atoms with Crippen LogP contribution in [0.2, 0.25) is 5.02 Å². The van der Waals surface area contributed by atoms with E-state index in [1.807, 2.05) is 36.6 Å². The highest BCUT2D eigenvalue weighted by molar-refractivity contribution is 7.12. The zero-order valence-electron chi connectivity index (χ0n) is 13.2. The van der Waals surface area contributed by atoms with E-state index >= 15 is 0 Å². The number of thiophene rings is 1. The van der Waals surface area contributed by atoms with Crippen LogP contribution >= 0.6 is 22.9 Å². The van der Waals surface area contributed by atoms with Gasteiger partial charge in [-0.2, -0.15) is 5.10 Å². The molecule has 0 fully saturated rings. The summed E-state index contributed by atoms with van der Waals surface area (Å²) >= 11 is 7.38. The van der Waals surface area contributed by atoms with Gasteiger partial charge in [0.05, 0.1) is 16.8 Å². The van der Waals surface area contributed by atoms with Gasteiger partial charge in [-0.3, -0.25) is 9.48 Å². The number of hydrogen-bond donors (Lipinski definition) is 1. The molecule has 124 valence electrons. The lowest BCUT2D eigenvalue weighted by molar-refractivity contribution is 0.103. The highest BCUT2D eigenvalue weighted by Gasteiger charge is 2.11. The van der Waals surface area contributed by atoms with Gasteiger partial charge in [-0.05, 0) is 42.1 Å². The van der Waals surface area contributed by atoms with Gasteiger partial charge < -0.3 is 10.1 Å². The number of carbonyl (C=O) groups is 1. The van der Waals surface area contributed by atoms with Crippen LogP contribution in [0.3, 0.4) is 0 Å². The quantitative estimate of drug-likeness (QED) is 0.738. The normalized spacial score (nSPS) is 10.6. The lowest BCUT2D eigenvalue weighted by atomic mass is 10.2. The number of aromatic nitrogens is 2. The third-order valence-electron chi connectivity index (χ3n) is 3.38. The minimum absolute atomic E-state index is 0.151. The largest absolute Gasteiger partial charge is 0.489 e. The van der Waals surface area contributed by atoms with Gasteiger partial charge in [0.1, 0.15) is 12.4 Å². The van der Waals surface area contributed by atoms with E-state index in [4.69, 9.17) is 16.3 Å². The molecule has 0 saturated heterocycles. The van der Waals surface area contributed by atoms with Crippen molar-refractivity contribution >= 4 is 34.5 Å². The van der Waals surface area contributed by atoms with Crippen LogP contribution < -0.4 is 10.1 Å². The number of amides is 1. The molecule has 0 aliphatic rings. The first-order chi connectivity index (χ1) is 11.5. The first kappa shape index (κ1) is 16.5. The molecule has 1 aromatic carbocycles. The third-order valence-corrected chi connectivity index (χ3v) is 4.78. The van der Waals surface area contributed by atoms with Gasteiger partial charge in [-0.1, -0.05) is 11.6 Å². The van der Waals surface area contributed by atoms with Crippen molar-refractivity contribution < 1.29 is 9.53 Å². The van der Waals surface area contributed by atoms with E-state index in [0.717, 1.165) is 16.9 Å². The number of nitrogens with one attached hydrogen (secondary N) is 1. The summed E-state index contributed by atoms with van der Waals surface area (Å²) in [6.07, 6.45) is 3.36. The molecule has 7 heteroatoms. The molecular weight excluding hydrogens is 346 g/mol. The molecular formula is C17H16ClN3O2S. The molecule has 3 aromatic rings. The number of ether oxygens (including phenoxy) is 1. The second kappa shape index (κ2) is 7.07. The number of rotatable bonds is 5. The van der Waals surface area contributed by atoms with Crippen molar-refractivity contribution in [2.45, 2.75) is 13.5 Å². The third kappa shape index (κ3) is 3.96. The van der Waals surface area contributed by atoms with Gasteiger partial charge in [0.15, 0.2) is 0 Å². The van der Waals surface area contributed by atoms with E-state index in [1.54, 1.807) is 24.1 Å². The topological polar surface area (TPSA) is 56.1 Å². The lowest BCUT2D eigenvalue weighted by Gasteiger charge is -2.06. The Hall–Kier alpha value is -2.31. The zero-order chi connectivity index (χ0) is 17.1. The van der Waals surface area contributed by atoms with Crippen LogP contribution in [0.1, 0.15) is 20.8 Å². The van der Waals surface area contributed by atoms with Crippen LogP contribution in [-0.2, 0) is 13.7 Å². The maximum atomic E-state index is 12.2. The van der Waals surface area contributed by atoms with Crippen molar-refractivity contribution in [3.05, 3.63) is 63.1 Å². The predicted molar refractivity (Wildman–Crippen MR) is 96.0 cm³/mol. The van der Waals surface area contributed by atoms with E-state index < -0.39 is 0 Å². The summed E-state index contributed by atoms with van der Waals surface area (Å²) in [5, 5.41) is 9.47. The van der Waals surface area contributed by atoms with Gasteiger partial charge in [-0.15, -0.1) is 11.3 Å². The fourth-order valence-corrected chi connectivity index (χ4v) is 3.03. The van der Waals surface area contributed by atoms with E-state index in [1.165, 1.54) is 11.3 Å². The van der Waals surface area contributed by atoms with E-state index in [9.17, 15) is 4.79 Å². The van der Waals surface area contributed by atoms with Crippen LogP contribution in [0.4, 0.5) is 5.69 Å². The molecule has 0 radical (unpaired) electrons. The predicted octanol–water partition coefficient (Wildman–Crippen LogP) is 4.27. The molecule has 1 amide bonds. The van der Waals surface area contributed by atoms with E-state index in [-0.39, 0.29) is 5.91 Å². The Bertz CT molecular complexity index is 872. The molecule has 2 aromatic heterocycles. The van der Waals surface area contributed by atoms with Crippen LogP contribution in [-0.4, -0.2) is 15.7 Å².